The van der Waals surface area contributed by atoms with E-state index in [2.05, 4.69) is 20.5 Å². The minimum absolute atomic E-state index is 0.0173. The normalized spacial score (nSPS) is 10.6. The lowest BCUT2D eigenvalue weighted by Crippen LogP contribution is -2.13. The van der Waals surface area contributed by atoms with Gasteiger partial charge in [-0.2, -0.15) is 0 Å². The van der Waals surface area contributed by atoms with Crippen LogP contribution in [0.25, 0.3) is 5.82 Å². The molecule has 0 spiro atoms. The van der Waals surface area contributed by atoms with E-state index in [0.717, 1.165) is 5.82 Å². The van der Waals surface area contributed by atoms with Crippen molar-refractivity contribution in [2.24, 2.45) is 0 Å². The van der Waals surface area contributed by atoms with Crippen LogP contribution in [0.4, 0.5) is 10.1 Å². The van der Waals surface area contributed by atoms with E-state index in [4.69, 9.17) is 4.74 Å². The summed E-state index contributed by atoms with van der Waals surface area (Å²) in [4.78, 5) is 16.3. The molecule has 144 valence electrons. The molecule has 0 saturated heterocycles. The first kappa shape index (κ1) is 18.3. The molecule has 4 rings (SSSR count). The van der Waals surface area contributed by atoms with Crippen LogP contribution in [-0.2, 0) is 0 Å². The number of carbonyl (C=O) groups is 1. The van der Waals surface area contributed by atoms with Gasteiger partial charge in [-0.05, 0) is 49.4 Å². The minimum atomic E-state index is -0.571. The van der Waals surface area contributed by atoms with E-state index in [0.29, 0.717) is 23.1 Å². The molecule has 1 N–H and O–H groups in total. The molecule has 8 heteroatoms. The standard InChI is InChI=1S/C21H16FN5O2/c1-14-23-12-13-27(14)19-10-11-20(26-25-19)29-16-8-6-15(7-9-16)24-21(28)17-4-2-3-5-18(17)22/h2-13H,1H3,(H,24,28). The second-order valence-corrected chi connectivity index (χ2v) is 6.13. The Bertz CT molecular complexity index is 1140. The van der Waals surface area contributed by atoms with Gasteiger partial charge in [-0.25, -0.2) is 9.37 Å². The maximum atomic E-state index is 13.7. The SMILES string of the molecule is Cc1nccn1-c1ccc(Oc2ccc(NC(=O)c3ccccc3F)cc2)nn1. The Morgan fingerprint density at radius 3 is 2.48 bits per heavy atom. The van der Waals surface area contributed by atoms with Gasteiger partial charge in [-0.1, -0.05) is 12.1 Å². The second kappa shape index (κ2) is 7.89. The molecule has 2 aromatic carbocycles. The third-order valence-corrected chi connectivity index (χ3v) is 4.15. The van der Waals surface area contributed by atoms with Gasteiger partial charge in [-0.3, -0.25) is 9.36 Å². The van der Waals surface area contributed by atoms with E-state index in [1.165, 1.54) is 18.2 Å². The number of amides is 1. The van der Waals surface area contributed by atoms with Crippen LogP contribution in [0, 0.1) is 12.7 Å². The molecule has 0 aliphatic heterocycles. The molecule has 7 nitrogen and oxygen atoms in total. The molecule has 0 saturated carbocycles. The zero-order chi connectivity index (χ0) is 20.2. The Morgan fingerprint density at radius 1 is 1.03 bits per heavy atom. The number of rotatable bonds is 5. The number of nitrogens with one attached hydrogen (secondary N) is 1. The highest BCUT2D eigenvalue weighted by Crippen LogP contribution is 2.22. The third-order valence-electron chi connectivity index (χ3n) is 4.15. The van der Waals surface area contributed by atoms with Crippen molar-refractivity contribution < 1.29 is 13.9 Å². The van der Waals surface area contributed by atoms with Crippen molar-refractivity contribution >= 4 is 11.6 Å². The fraction of sp³-hybridized carbons (Fsp3) is 0.0476. The lowest BCUT2D eigenvalue weighted by molar-refractivity contribution is 0.102. The van der Waals surface area contributed by atoms with Crippen LogP contribution >= 0.6 is 0 Å². The third kappa shape index (κ3) is 4.11. The first-order chi connectivity index (χ1) is 14.1. The van der Waals surface area contributed by atoms with Gasteiger partial charge in [0.15, 0.2) is 5.82 Å². The molecule has 0 fully saturated rings. The van der Waals surface area contributed by atoms with Gasteiger partial charge < -0.3 is 10.1 Å². The summed E-state index contributed by atoms with van der Waals surface area (Å²) >= 11 is 0. The topological polar surface area (TPSA) is 81.9 Å². The van der Waals surface area contributed by atoms with Gasteiger partial charge in [0, 0.05) is 24.1 Å². The van der Waals surface area contributed by atoms with Crippen LogP contribution in [-0.4, -0.2) is 25.7 Å². The summed E-state index contributed by atoms with van der Waals surface area (Å²) in [6.07, 6.45) is 3.49. The number of anilines is 1. The fourth-order valence-corrected chi connectivity index (χ4v) is 2.69. The molecule has 0 atom stereocenters. The van der Waals surface area contributed by atoms with Crippen molar-refractivity contribution in [3.63, 3.8) is 0 Å². The van der Waals surface area contributed by atoms with Crippen LogP contribution < -0.4 is 10.1 Å². The number of hydrogen-bond acceptors (Lipinski definition) is 5. The molecular formula is C21H16FN5O2. The summed E-state index contributed by atoms with van der Waals surface area (Å²) in [7, 11) is 0. The Hall–Kier alpha value is -4.07. The average Bonchev–Trinajstić information content (AvgIpc) is 3.16. The van der Waals surface area contributed by atoms with E-state index >= 15 is 0 Å². The highest BCUT2D eigenvalue weighted by molar-refractivity contribution is 6.04. The maximum Gasteiger partial charge on any atom is 0.258 e. The fourth-order valence-electron chi connectivity index (χ4n) is 2.69. The lowest BCUT2D eigenvalue weighted by Gasteiger charge is -2.08. The summed E-state index contributed by atoms with van der Waals surface area (Å²) in [5.74, 6) is 1.20. The number of nitrogens with zero attached hydrogens (tertiary/aromatic N) is 4. The molecule has 0 aliphatic carbocycles. The number of ether oxygens (including phenoxy) is 1. The molecule has 1 amide bonds. The molecule has 0 aliphatic rings. The maximum absolute atomic E-state index is 13.7. The predicted molar refractivity (Wildman–Crippen MR) is 105 cm³/mol. The largest absolute Gasteiger partial charge is 0.438 e. The zero-order valence-corrected chi connectivity index (χ0v) is 15.4. The Kier molecular flexibility index (Phi) is 4.98. The molecule has 0 unspecified atom stereocenters. The van der Waals surface area contributed by atoms with Crippen molar-refractivity contribution in [3.8, 4) is 17.4 Å². The monoisotopic (exact) mass is 389 g/mol. The highest BCUT2D eigenvalue weighted by atomic mass is 19.1. The second-order valence-electron chi connectivity index (χ2n) is 6.13. The lowest BCUT2D eigenvalue weighted by atomic mass is 10.2. The van der Waals surface area contributed by atoms with Crippen molar-refractivity contribution in [2.45, 2.75) is 6.92 Å². The van der Waals surface area contributed by atoms with Crippen molar-refractivity contribution in [3.05, 3.63) is 90.3 Å². The summed E-state index contributed by atoms with van der Waals surface area (Å²) < 4.78 is 21.2. The number of imidazole rings is 1. The summed E-state index contributed by atoms with van der Waals surface area (Å²) in [5, 5.41) is 10.8. The Labute approximate surface area is 165 Å². The first-order valence-electron chi connectivity index (χ1n) is 8.78. The van der Waals surface area contributed by atoms with Gasteiger partial charge >= 0.3 is 0 Å². The minimum Gasteiger partial charge on any atom is -0.438 e. The number of benzene rings is 2. The highest BCUT2D eigenvalue weighted by Gasteiger charge is 2.11. The van der Waals surface area contributed by atoms with Gasteiger partial charge in [0.1, 0.15) is 17.4 Å². The molecule has 0 bridgehead atoms. The number of hydrogen-bond donors (Lipinski definition) is 1. The van der Waals surface area contributed by atoms with Gasteiger partial charge in [-0.15, -0.1) is 10.2 Å². The first-order valence-corrected chi connectivity index (χ1v) is 8.78. The molecule has 2 aromatic heterocycles. The predicted octanol–water partition coefficient (Wildman–Crippen LogP) is 4.15. The molecule has 0 radical (unpaired) electrons. The molecule has 29 heavy (non-hydrogen) atoms. The van der Waals surface area contributed by atoms with E-state index in [-0.39, 0.29) is 5.56 Å². The van der Waals surface area contributed by atoms with Gasteiger partial charge in [0.2, 0.25) is 5.88 Å². The molecule has 4 aromatic rings. The van der Waals surface area contributed by atoms with Crippen LogP contribution in [0.2, 0.25) is 0 Å². The van der Waals surface area contributed by atoms with Crippen LogP contribution in [0.5, 0.6) is 11.6 Å². The summed E-state index contributed by atoms with van der Waals surface area (Å²) in [6.45, 7) is 1.87. The summed E-state index contributed by atoms with van der Waals surface area (Å²) in [6, 6.07) is 16.0. The van der Waals surface area contributed by atoms with E-state index < -0.39 is 11.7 Å². The molecular weight excluding hydrogens is 373 g/mol. The summed E-state index contributed by atoms with van der Waals surface area (Å²) in [5.41, 5.74) is 0.499. The quantitative estimate of drug-likeness (QED) is 0.554. The van der Waals surface area contributed by atoms with Gasteiger partial charge in [0.25, 0.3) is 5.91 Å². The Morgan fingerprint density at radius 2 is 1.83 bits per heavy atom. The number of halogens is 1. The zero-order valence-electron chi connectivity index (χ0n) is 15.4. The average molecular weight is 389 g/mol. The van der Waals surface area contributed by atoms with E-state index in [1.54, 1.807) is 54.9 Å². The van der Waals surface area contributed by atoms with Crippen LogP contribution in [0.15, 0.2) is 73.1 Å². The van der Waals surface area contributed by atoms with Gasteiger partial charge in [0.05, 0.1) is 5.56 Å². The number of carbonyl (C=O) groups excluding carboxylic acids is 1. The van der Waals surface area contributed by atoms with E-state index in [1.807, 2.05) is 11.5 Å². The van der Waals surface area contributed by atoms with E-state index in [9.17, 15) is 9.18 Å². The molecule has 2 heterocycles. The van der Waals surface area contributed by atoms with Crippen LogP contribution in [0.3, 0.4) is 0 Å². The Balaban J connectivity index is 1.41. The number of aryl methyl sites for hydroxylation is 1. The smallest absolute Gasteiger partial charge is 0.258 e. The van der Waals surface area contributed by atoms with Crippen molar-refractivity contribution in [1.82, 2.24) is 19.7 Å². The van der Waals surface area contributed by atoms with Crippen molar-refractivity contribution in [1.29, 1.82) is 0 Å². The van der Waals surface area contributed by atoms with Crippen molar-refractivity contribution in [2.75, 3.05) is 5.32 Å². The number of aromatic nitrogens is 4. The van der Waals surface area contributed by atoms with Crippen LogP contribution in [0.1, 0.15) is 16.2 Å².